The first-order chi connectivity index (χ1) is 8.35. The number of azide groups is 1. The molecule has 0 bridgehead atoms. The average Bonchev–Trinajstić information content (AvgIpc) is 2.38. The van der Waals surface area contributed by atoms with Crippen LogP contribution in [-0.2, 0) is 0 Å². The van der Waals surface area contributed by atoms with E-state index in [0.717, 1.165) is 13.0 Å². The second-order valence-electron chi connectivity index (χ2n) is 5.71. The van der Waals surface area contributed by atoms with E-state index in [9.17, 15) is 0 Å². The Bertz CT molecular complexity index is 267. The van der Waals surface area contributed by atoms with Gasteiger partial charge in [-0.1, -0.05) is 24.4 Å². The van der Waals surface area contributed by atoms with Gasteiger partial charge in [0.2, 0.25) is 0 Å². The summed E-state index contributed by atoms with van der Waals surface area (Å²) in [5, 5.41) is 3.59. The second-order valence-corrected chi connectivity index (χ2v) is 5.71. The highest BCUT2D eigenvalue weighted by molar-refractivity contribution is 4.88. The van der Waals surface area contributed by atoms with Gasteiger partial charge in [-0.3, -0.25) is 0 Å². The van der Waals surface area contributed by atoms with Crippen LogP contribution in [0, 0.1) is 5.41 Å². The van der Waals surface area contributed by atoms with Crippen molar-refractivity contribution in [1.82, 2.24) is 4.90 Å². The highest BCUT2D eigenvalue weighted by Gasteiger charge is 2.34. The SMILES string of the molecule is [N-]=[N+]=NCCCN1CCC2(CCCCC2)CC1. The lowest BCUT2D eigenvalue weighted by atomic mass is 9.68. The minimum absolute atomic E-state index is 0.651. The Balaban J connectivity index is 1.68. The summed E-state index contributed by atoms with van der Waals surface area (Å²) in [6.07, 6.45) is 11.1. The van der Waals surface area contributed by atoms with Crippen molar-refractivity contribution in [2.75, 3.05) is 26.2 Å². The molecule has 0 N–H and O–H groups in total. The molecule has 0 amide bonds. The van der Waals surface area contributed by atoms with Crippen LogP contribution < -0.4 is 0 Å². The molecule has 1 saturated carbocycles. The highest BCUT2D eigenvalue weighted by Crippen LogP contribution is 2.44. The molecule has 4 nitrogen and oxygen atoms in total. The predicted molar refractivity (Wildman–Crippen MR) is 69.8 cm³/mol. The van der Waals surface area contributed by atoms with Crippen LogP contribution in [0.4, 0.5) is 0 Å². The summed E-state index contributed by atoms with van der Waals surface area (Å²) in [4.78, 5) is 5.34. The molecule has 2 fully saturated rings. The van der Waals surface area contributed by atoms with Crippen molar-refractivity contribution >= 4 is 0 Å². The molecule has 0 aromatic carbocycles. The Hall–Kier alpha value is -0.730. The van der Waals surface area contributed by atoms with Crippen LogP contribution in [0.5, 0.6) is 0 Å². The standard InChI is InChI=1S/C13H24N4/c14-16-15-9-4-10-17-11-7-13(8-12-17)5-2-1-3-6-13/h1-12H2. The third-order valence-electron chi connectivity index (χ3n) is 4.63. The van der Waals surface area contributed by atoms with E-state index in [0.29, 0.717) is 12.0 Å². The number of piperidine rings is 1. The van der Waals surface area contributed by atoms with E-state index in [1.807, 2.05) is 0 Å². The molecule has 1 heterocycles. The van der Waals surface area contributed by atoms with E-state index >= 15 is 0 Å². The van der Waals surface area contributed by atoms with Gasteiger partial charge in [0.25, 0.3) is 0 Å². The van der Waals surface area contributed by atoms with Gasteiger partial charge in [0, 0.05) is 11.5 Å². The van der Waals surface area contributed by atoms with E-state index in [1.165, 1.54) is 58.0 Å². The topological polar surface area (TPSA) is 52.0 Å². The zero-order chi connectivity index (χ0) is 12.0. The van der Waals surface area contributed by atoms with Crippen LogP contribution >= 0.6 is 0 Å². The predicted octanol–water partition coefficient (Wildman–Crippen LogP) is 3.73. The summed E-state index contributed by atoms with van der Waals surface area (Å²) < 4.78 is 0. The molecule has 0 atom stereocenters. The van der Waals surface area contributed by atoms with Gasteiger partial charge in [0.15, 0.2) is 0 Å². The van der Waals surface area contributed by atoms with Crippen molar-refractivity contribution in [3.8, 4) is 0 Å². The molecule has 96 valence electrons. The Morgan fingerprint density at radius 1 is 1.06 bits per heavy atom. The summed E-state index contributed by atoms with van der Waals surface area (Å²) in [5.74, 6) is 0. The van der Waals surface area contributed by atoms with Gasteiger partial charge in [-0.05, 0) is 62.7 Å². The summed E-state index contributed by atoms with van der Waals surface area (Å²) in [5.41, 5.74) is 8.92. The minimum Gasteiger partial charge on any atom is -0.303 e. The van der Waals surface area contributed by atoms with Crippen LogP contribution in [0.15, 0.2) is 5.11 Å². The maximum absolute atomic E-state index is 8.21. The van der Waals surface area contributed by atoms with Gasteiger partial charge in [0.1, 0.15) is 0 Å². The van der Waals surface area contributed by atoms with E-state index in [4.69, 9.17) is 5.53 Å². The Labute approximate surface area is 104 Å². The first kappa shape index (κ1) is 12.7. The zero-order valence-corrected chi connectivity index (χ0v) is 10.8. The molecule has 0 radical (unpaired) electrons. The molecule has 0 aromatic rings. The van der Waals surface area contributed by atoms with Gasteiger partial charge in [-0.15, -0.1) is 0 Å². The fraction of sp³-hybridized carbons (Fsp3) is 1.00. The van der Waals surface area contributed by atoms with Gasteiger partial charge in [-0.2, -0.15) is 0 Å². The van der Waals surface area contributed by atoms with Crippen LogP contribution in [-0.4, -0.2) is 31.1 Å². The molecule has 1 aliphatic heterocycles. The maximum atomic E-state index is 8.21. The molecule has 1 spiro atoms. The minimum atomic E-state index is 0.651. The van der Waals surface area contributed by atoms with E-state index in [1.54, 1.807) is 0 Å². The number of nitrogens with zero attached hydrogens (tertiary/aromatic N) is 4. The third kappa shape index (κ3) is 3.62. The second kappa shape index (κ2) is 6.27. The average molecular weight is 236 g/mol. The first-order valence-electron chi connectivity index (χ1n) is 7.08. The lowest BCUT2D eigenvalue weighted by Crippen LogP contribution is -2.41. The number of hydrogen-bond acceptors (Lipinski definition) is 2. The number of hydrogen-bond donors (Lipinski definition) is 0. The molecular formula is C13H24N4. The van der Waals surface area contributed by atoms with E-state index < -0.39 is 0 Å². The molecule has 1 saturated heterocycles. The van der Waals surface area contributed by atoms with Crippen LogP contribution in [0.25, 0.3) is 10.4 Å². The molecule has 2 aliphatic rings. The number of likely N-dealkylation sites (tertiary alicyclic amines) is 1. The number of rotatable bonds is 4. The monoisotopic (exact) mass is 236 g/mol. The first-order valence-corrected chi connectivity index (χ1v) is 7.08. The van der Waals surface area contributed by atoms with Crippen molar-refractivity contribution in [3.05, 3.63) is 10.4 Å². The lowest BCUT2D eigenvalue weighted by Gasteiger charge is -2.44. The van der Waals surface area contributed by atoms with Crippen molar-refractivity contribution in [3.63, 3.8) is 0 Å². The van der Waals surface area contributed by atoms with Crippen molar-refractivity contribution < 1.29 is 0 Å². The summed E-state index contributed by atoms with van der Waals surface area (Å²) in [6.45, 7) is 4.28. The Kier molecular flexibility index (Phi) is 4.69. The Morgan fingerprint density at radius 2 is 1.76 bits per heavy atom. The largest absolute Gasteiger partial charge is 0.303 e. The van der Waals surface area contributed by atoms with E-state index in [2.05, 4.69) is 14.9 Å². The fourth-order valence-electron chi connectivity index (χ4n) is 3.46. The Morgan fingerprint density at radius 3 is 2.41 bits per heavy atom. The van der Waals surface area contributed by atoms with Gasteiger partial charge in [0.05, 0.1) is 0 Å². The fourth-order valence-corrected chi connectivity index (χ4v) is 3.46. The van der Waals surface area contributed by atoms with Crippen molar-refractivity contribution in [2.24, 2.45) is 10.5 Å². The molecule has 1 aliphatic carbocycles. The smallest absolute Gasteiger partial charge is 0.0270 e. The quantitative estimate of drug-likeness (QED) is 0.317. The highest BCUT2D eigenvalue weighted by atomic mass is 15.1. The molecule has 0 unspecified atom stereocenters. The van der Waals surface area contributed by atoms with Crippen molar-refractivity contribution in [2.45, 2.75) is 51.4 Å². The molecule has 17 heavy (non-hydrogen) atoms. The summed E-state index contributed by atoms with van der Waals surface area (Å²) in [7, 11) is 0. The third-order valence-corrected chi connectivity index (χ3v) is 4.63. The normalized spacial score (nSPS) is 24.5. The van der Waals surface area contributed by atoms with Gasteiger partial charge < -0.3 is 4.90 Å². The van der Waals surface area contributed by atoms with Gasteiger partial charge >= 0.3 is 0 Å². The van der Waals surface area contributed by atoms with Crippen LogP contribution in [0.1, 0.15) is 51.4 Å². The molecule has 4 heteroatoms. The zero-order valence-electron chi connectivity index (χ0n) is 10.8. The lowest BCUT2D eigenvalue weighted by molar-refractivity contribution is 0.0676. The molecular weight excluding hydrogens is 212 g/mol. The summed E-state index contributed by atoms with van der Waals surface area (Å²) >= 11 is 0. The molecule has 2 rings (SSSR count). The maximum Gasteiger partial charge on any atom is 0.0270 e. The molecule has 0 aromatic heterocycles. The van der Waals surface area contributed by atoms with Gasteiger partial charge in [-0.25, -0.2) is 0 Å². The summed E-state index contributed by atoms with van der Waals surface area (Å²) in [6, 6.07) is 0. The van der Waals surface area contributed by atoms with Crippen LogP contribution in [0.3, 0.4) is 0 Å². The van der Waals surface area contributed by atoms with E-state index in [-0.39, 0.29) is 0 Å². The van der Waals surface area contributed by atoms with Crippen LogP contribution in [0.2, 0.25) is 0 Å². The van der Waals surface area contributed by atoms with Crippen molar-refractivity contribution in [1.29, 1.82) is 0 Å².